The Labute approximate surface area is 193 Å². The normalized spacial score (nSPS) is 31.0. The Hall–Kier alpha value is -1.52. The number of halogens is 2. The molecule has 31 heavy (non-hydrogen) atoms. The van der Waals surface area contributed by atoms with Crippen molar-refractivity contribution in [3.63, 3.8) is 0 Å². The molecule has 6 heteroatoms. The first-order valence-electron chi connectivity index (χ1n) is 11.8. The average Bonchev–Trinajstić information content (AvgIpc) is 3.08. The first-order valence-corrected chi connectivity index (χ1v) is 12.6. The Morgan fingerprint density at radius 1 is 1.03 bits per heavy atom. The lowest BCUT2D eigenvalue weighted by atomic mass is 9.53. The quantitative estimate of drug-likeness (QED) is 0.628. The summed E-state index contributed by atoms with van der Waals surface area (Å²) < 4.78 is 2.03. The van der Waals surface area contributed by atoms with Crippen LogP contribution in [0.1, 0.15) is 78.7 Å². The van der Waals surface area contributed by atoms with E-state index in [9.17, 15) is 4.79 Å². The number of carbonyl (C=O) groups is 1. The van der Waals surface area contributed by atoms with Gasteiger partial charge in [-0.1, -0.05) is 29.3 Å². The zero-order valence-corrected chi connectivity index (χ0v) is 19.3. The van der Waals surface area contributed by atoms with Crippen LogP contribution in [0.2, 0.25) is 10.0 Å². The Balaban J connectivity index is 1.28. The number of aromatic nitrogens is 2. The summed E-state index contributed by atoms with van der Waals surface area (Å²) in [4.78, 5) is 13.5. The first kappa shape index (κ1) is 20.1. The Morgan fingerprint density at radius 2 is 1.71 bits per heavy atom. The Bertz CT molecular complexity index is 1010. The van der Waals surface area contributed by atoms with Crippen molar-refractivity contribution < 1.29 is 4.79 Å². The van der Waals surface area contributed by atoms with Crippen LogP contribution in [0.15, 0.2) is 18.2 Å². The van der Waals surface area contributed by atoms with Crippen LogP contribution in [0, 0.1) is 17.8 Å². The predicted octanol–water partition coefficient (Wildman–Crippen LogP) is 5.82. The summed E-state index contributed by atoms with van der Waals surface area (Å²) >= 11 is 12.3. The second-order valence-corrected chi connectivity index (χ2v) is 11.4. The molecule has 0 spiro atoms. The van der Waals surface area contributed by atoms with Gasteiger partial charge in [-0.15, -0.1) is 0 Å². The lowest BCUT2D eigenvalue weighted by Crippen LogP contribution is -2.60. The van der Waals surface area contributed by atoms with Crippen LogP contribution in [-0.4, -0.2) is 21.2 Å². The van der Waals surface area contributed by atoms with E-state index in [0.29, 0.717) is 22.3 Å². The van der Waals surface area contributed by atoms with Gasteiger partial charge in [0.2, 0.25) is 0 Å². The first-order chi connectivity index (χ1) is 15.0. The highest BCUT2D eigenvalue weighted by molar-refractivity contribution is 6.42. The molecule has 5 aliphatic carbocycles. The zero-order chi connectivity index (χ0) is 21.2. The van der Waals surface area contributed by atoms with E-state index in [1.807, 2.05) is 22.9 Å². The summed E-state index contributed by atoms with van der Waals surface area (Å²) in [5.41, 5.74) is 4.10. The Kier molecular flexibility index (Phi) is 4.88. The number of benzene rings is 1. The lowest BCUT2D eigenvalue weighted by molar-refractivity contribution is -0.0168. The molecule has 4 nitrogen and oxygen atoms in total. The van der Waals surface area contributed by atoms with Gasteiger partial charge in [0.05, 0.1) is 16.6 Å². The summed E-state index contributed by atoms with van der Waals surface area (Å²) in [5.74, 6) is 2.49. The van der Waals surface area contributed by atoms with Crippen LogP contribution >= 0.6 is 23.2 Å². The summed E-state index contributed by atoms with van der Waals surface area (Å²) in [5, 5.41) is 9.51. The number of fused-ring (bicyclic) bond motifs is 1. The van der Waals surface area contributed by atoms with Gasteiger partial charge in [0.25, 0.3) is 5.91 Å². The highest BCUT2D eigenvalue weighted by atomic mass is 35.5. The predicted molar refractivity (Wildman–Crippen MR) is 123 cm³/mol. The van der Waals surface area contributed by atoms with Gasteiger partial charge in [-0.05, 0) is 99.7 Å². The van der Waals surface area contributed by atoms with Gasteiger partial charge in [-0.3, -0.25) is 9.48 Å². The minimum Gasteiger partial charge on any atom is -0.345 e. The van der Waals surface area contributed by atoms with Crippen molar-refractivity contribution in [2.75, 3.05) is 0 Å². The number of hydrogen-bond donors (Lipinski definition) is 1. The van der Waals surface area contributed by atoms with Crippen molar-refractivity contribution in [1.29, 1.82) is 0 Å². The van der Waals surface area contributed by atoms with E-state index < -0.39 is 0 Å². The summed E-state index contributed by atoms with van der Waals surface area (Å²) in [6, 6.07) is 5.71. The van der Waals surface area contributed by atoms with Crippen LogP contribution < -0.4 is 5.32 Å². The fraction of sp³-hybridized carbons (Fsp3) is 0.600. The molecule has 7 rings (SSSR count). The van der Waals surface area contributed by atoms with Crippen LogP contribution in [0.25, 0.3) is 0 Å². The fourth-order valence-corrected chi connectivity index (χ4v) is 7.68. The number of rotatable bonds is 4. The van der Waals surface area contributed by atoms with Gasteiger partial charge in [0.1, 0.15) is 0 Å². The third-order valence-electron chi connectivity index (χ3n) is 8.21. The summed E-state index contributed by atoms with van der Waals surface area (Å²) in [6.07, 6.45) is 11.8. The fourth-order valence-electron chi connectivity index (χ4n) is 7.36. The molecule has 0 unspecified atom stereocenters. The molecular weight excluding hydrogens is 429 g/mol. The highest BCUT2D eigenvalue weighted by Crippen LogP contribution is 2.55. The van der Waals surface area contributed by atoms with E-state index in [4.69, 9.17) is 28.3 Å². The molecule has 4 fully saturated rings. The molecule has 1 aromatic heterocycles. The van der Waals surface area contributed by atoms with E-state index in [1.54, 1.807) is 0 Å². The summed E-state index contributed by atoms with van der Waals surface area (Å²) in [7, 11) is 0. The molecule has 2 aromatic rings. The SMILES string of the molecule is O=C(NC12CC3CC(CC(C3)C1)C2)c1nn(Cc2ccc(Cl)c(Cl)c2)c2c1CCCC2. The molecule has 5 aliphatic rings. The topological polar surface area (TPSA) is 46.9 Å². The van der Waals surface area contributed by atoms with Gasteiger partial charge in [0.15, 0.2) is 5.69 Å². The maximum Gasteiger partial charge on any atom is 0.272 e. The van der Waals surface area contributed by atoms with Crippen molar-refractivity contribution >= 4 is 29.1 Å². The van der Waals surface area contributed by atoms with Crippen LogP contribution in [0.4, 0.5) is 0 Å². The molecule has 1 amide bonds. The molecular formula is C25H29Cl2N3O. The Morgan fingerprint density at radius 3 is 2.39 bits per heavy atom. The van der Waals surface area contributed by atoms with Gasteiger partial charge < -0.3 is 5.32 Å². The standard InChI is InChI=1S/C25H29Cl2N3O/c26-20-6-5-15(10-21(20)27)14-30-22-4-2-1-3-19(22)23(29-30)24(31)28-25-11-16-7-17(12-25)9-18(8-16)13-25/h5-6,10,16-18H,1-4,7-9,11-14H2,(H,28,31). The molecule has 164 valence electrons. The number of nitrogens with one attached hydrogen (secondary N) is 1. The number of carbonyl (C=O) groups excluding carboxylic acids is 1. The third kappa shape index (κ3) is 3.60. The van der Waals surface area contributed by atoms with Gasteiger partial charge in [-0.25, -0.2) is 0 Å². The molecule has 0 aliphatic heterocycles. The van der Waals surface area contributed by atoms with Crippen LogP contribution in [0.3, 0.4) is 0 Å². The summed E-state index contributed by atoms with van der Waals surface area (Å²) in [6.45, 7) is 0.615. The van der Waals surface area contributed by atoms with Gasteiger partial charge in [0, 0.05) is 16.8 Å². The van der Waals surface area contributed by atoms with Gasteiger partial charge >= 0.3 is 0 Å². The van der Waals surface area contributed by atoms with E-state index in [1.165, 1.54) is 25.0 Å². The number of amides is 1. The monoisotopic (exact) mass is 457 g/mol. The molecule has 1 aromatic carbocycles. The van der Waals surface area contributed by atoms with Crippen molar-refractivity contribution in [1.82, 2.24) is 15.1 Å². The van der Waals surface area contributed by atoms with Crippen molar-refractivity contribution in [3.05, 3.63) is 50.8 Å². The zero-order valence-electron chi connectivity index (χ0n) is 17.8. The van der Waals surface area contributed by atoms with E-state index in [0.717, 1.165) is 73.8 Å². The van der Waals surface area contributed by atoms with Crippen molar-refractivity contribution in [2.24, 2.45) is 17.8 Å². The number of nitrogens with zero attached hydrogens (tertiary/aromatic N) is 2. The number of hydrogen-bond acceptors (Lipinski definition) is 2. The van der Waals surface area contributed by atoms with E-state index in [-0.39, 0.29) is 11.4 Å². The molecule has 4 saturated carbocycles. The maximum atomic E-state index is 13.5. The second-order valence-electron chi connectivity index (χ2n) is 10.5. The average molecular weight is 458 g/mol. The molecule has 0 saturated heterocycles. The second kappa shape index (κ2) is 7.52. The van der Waals surface area contributed by atoms with Crippen molar-refractivity contribution in [2.45, 2.75) is 76.3 Å². The molecule has 1 N–H and O–H groups in total. The molecule has 0 radical (unpaired) electrons. The molecule has 0 atom stereocenters. The smallest absolute Gasteiger partial charge is 0.272 e. The highest BCUT2D eigenvalue weighted by Gasteiger charge is 2.51. The minimum absolute atomic E-state index is 0.0147. The molecule has 1 heterocycles. The van der Waals surface area contributed by atoms with Crippen LogP contribution in [-0.2, 0) is 19.4 Å². The maximum absolute atomic E-state index is 13.5. The third-order valence-corrected chi connectivity index (χ3v) is 8.94. The van der Waals surface area contributed by atoms with E-state index >= 15 is 0 Å². The van der Waals surface area contributed by atoms with E-state index in [2.05, 4.69) is 5.32 Å². The molecule has 4 bridgehead atoms. The van der Waals surface area contributed by atoms with Crippen molar-refractivity contribution in [3.8, 4) is 0 Å². The largest absolute Gasteiger partial charge is 0.345 e. The minimum atomic E-state index is 0.0147. The van der Waals surface area contributed by atoms with Gasteiger partial charge in [-0.2, -0.15) is 5.10 Å². The lowest BCUT2D eigenvalue weighted by Gasteiger charge is -2.56. The van der Waals surface area contributed by atoms with Crippen LogP contribution in [0.5, 0.6) is 0 Å².